The molecule has 24 heavy (non-hydrogen) atoms. The first kappa shape index (κ1) is 17.8. The fourth-order valence-electron chi connectivity index (χ4n) is 2.00. The van der Waals surface area contributed by atoms with Gasteiger partial charge in [0.05, 0.1) is 6.33 Å². The van der Waals surface area contributed by atoms with Gasteiger partial charge in [0.2, 0.25) is 5.91 Å². The summed E-state index contributed by atoms with van der Waals surface area (Å²) >= 11 is 1.29. The summed E-state index contributed by atoms with van der Waals surface area (Å²) in [6, 6.07) is 0.396. The second kappa shape index (κ2) is 7.82. The molecule has 0 aliphatic heterocycles. The fourth-order valence-corrected chi connectivity index (χ4v) is 2.53. The highest BCUT2D eigenvalue weighted by molar-refractivity contribution is 7.13. The molecule has 0 aliphatic rings. The van der Waals surface area contributed by atoms with Crippen molar-refractivity contribution in [1.82, 2.24) is 19.9 Å². The molecule has 0 radical (unpaired) electrons. The highest BCUT2D eigenvalue weighted by atomic mass is 32.1. The summed E-state index contributed by atoms with van der Waals surface area (Å²) in [7, 11) is 1.54. The lowest BCUT2D eigenvalue weighted by Gasteiger charge is -2.19. The third-order valence-electron chi connectivity index (χ3n) is 3.20. The highest BCUT2D eigenvalue weighted by Crippen LogP contribution is 2.13. The number of nitrogens with zero attached hydrogens (tertiary/aromatic N) is 3. The number of amides is 2. The maximum Gasteiger partial charge on any atom is 0.270 e. The van der Waals surface area contributed by atoms with Gasteiger partial charge in [-0.1, -0.05) is 13.8 Å². The molecule has 128 valence electrons. The molecule has 2 heterocycles. The molecule has 0 saturated heterocycles. The van der Waals surface area contributed by atoms with Crippen molar-refractivity contribution < 1.29 is 9.59 Å². The van der Waals surface area contributed by atoms with Crippen LogP contribution in [0.1, 0.15) is 30.8 Å². The Labute approximate surface area is 143 Å². The van der Waals surface area contributed by atoms with Gasteiger partial charge in [-0.25, -0.2) is 9.97 Å². The molecule has 0 saturated carbocycles. The summed E-state index contributed by atoms with van der Waals surface area (Å²) in [5, 5.41) is 7.52. The van der Waals surface area contributed by atoms with Crippen LogP contribution in [0.4, 0.5) is 5.13 Å². The van der Waals surface area contributed by atoms with E-state index in [0.29, 0.717) is 11.6 Å². The molecule has 2 aromatic rings. The van der Waals surface area contributed by atoms with Crippen LogP contribution >= 0.6 is 11.3 Å². The second-order valence-corrected chi connectivity index (χ2v) is 6.60. The number of thiazole rings is 1. The number of nitrogens with one attached hydrogen (secondary N) is 2. The molecule has 1 atom stereocenters. The Morgan fingerprint density at radius 2 is 2.08 bits per heavy atom. The molecule has 2 amide bonds. The smallest absolute Gasteiger partial charge is 0.270 e. The normalized spacial score (nSPS) is 12.0. The van der Waals surface area contributed by atoms with Crippen molar-refractivity contribution in [3.8, 4) is 0 Å². The zero-order chi connectivity index (χ0) is 17.7. The van der Waals surface area contributed by atoms with Gasteiger partial charge in [-0.15, -0.1) is 11.3 Å². The van der Waals surface area contributed by atoms with Crippen molar-refractivity contribution in [2.75, 3.05) is 5.32 Å². The van der Waals surface area contributed by atoms with Crippen LogP contribution in [-0.4, -0.2) is 32.4 Å². The van der Waals surface area contributed by atoms with E-state index in [1.165, 1.54) is 22.2 Å². The molecule has 0 aliphatic carbocycles. The third-order valence-corrected chi connectivity index (χ3v) is 3.89. The molecule has 0 fully saturated rings. The number of rotatable bonds is 6. The first-order valence-electron chi connectivity index (χ1n) is 7.40. The molecule has 9 heteroatoms. The summed E-state index contributed by atoms with van der Waals surface area (Å²) in [4.78, 5) is 44.2. The van der Waals surface area contributed by atoms with Crippen LogP contribution in [0, 0.1) is 5.92 Å². The van der Waals surface area contributed by atoms with Crippen LogP contribution in [0.2, 0.25) is 0 Å². The topological polar surface area (TPSA) is 106 Å². The van der Waals surface area contributed by atoms with Crippen LogP contribution in [-0.2, 0) is 11.8 Å². The number of carbonyl (C=O) groups excluding carboxylic acids is 2. The van der Waals surface area contributed by atoms with E-state index in [-0.39, 0.29) is 23.1 Å². The van der Waals surface area contributed by atoms with Gasteiger partial charge in [0.1, 0.15) is 11.7 Å². The summed E-state index contributed by atoms with van der Waals surface area (Å²) < 4.78 is 1.26. The van der Waals surface area contributed by atoms with Gasteiger partial charge in [0.25, 0.3) is 11.5 Å². The number of hydrogen-bond acceptors (Lipinski definition) is 6. The van der Waals surface area contributed by atoms with E-state index >= 15 is 0 Å². The summed E-state index contributed by atoms with van der Waals surface area (Å²) in [5.74, 6) is -0.725. The quantitative estimate of drug-likeness (QED) is 0.810. The molecule has 8 nitrogen and oxygen atoms in total. The van der Waals surface area contributed by atoms with E-state index in [9.17, 15) is 14.4 Å². The van der Waals surface area contributed by atoms with E-state index in [1.54, 1.807) is 18.6 Å². The largest absolute Gasteiger partial charge is 0.339 e. The Bertz CT molecular complexity index is 770. The van der Waals surface area contributed by atoms with Crippen LogP contribution in [0.25, 0.3) is 0 Å². The van der Waals surface area contributed by atoms with E-state index in [2.05, 4.69) is 20.6 Å². The van der Waals surface area contributed by atoms with Crippen molar-refractivity contribution in [2.45, 2.75) is 26.3 Å². The summed E-state index contributed by atoms with van der Waals surface area (Å²) in [5.41, 5.74) is -0.364. The second-order valence-electron chi connectivity index (χ2n) is 5.71. The fraction of sp³-hybridized carbons (Fsp3) is 0.400. The van der Waals surface area contributed by atoms with Crippen molar-refractivity contribution in [3.63, 3.8) is 0 Å². The monoisotopic (exact) mass is 349 g/mol. The maximum atomic E-state index is 12.4. The minimum atomic E-state index is -0.743. The minimum Gasteiger partial charge on any atom is -0.339 e. The van der Waals surface area contributed by atoms with E-state index in [4.69, 9.17) is 0 Å². The lowest BCUT2D eigenvalue weighted by Crippen LogP contribution is -2.45. The van der Waals surface area contributed by atoms with Crippen LogP contribution in [0.3, 0.4) is 0 Å². The average molecular weight is 349 g/mol. The number of anilines is 1. The average Bonchev–Trinajstić information content (AvgIpc) is 3.01. The third kappa shape index (κ3) is 4.72. The summed E-state index contributed by atoms with van der Waals surface area (Å²) in [6.07, 6.45) is 3.30. The van der Waals surface area contributed by atoms with Crippen molar-refractivity contribution in [3.05, 3.63) is 40.0 Å². The SMILES string of the molecule is CC(C)C[C@H](NC(=O)c1cc(=O)n(C)cn1)C(=O)Nc1nccs1. The minimum absolute atomic E-state index is 0.0195. The molecule has 2 N–H and O–H groups in total. The number of carbonyl (C=O) groups is 2. The van der Waals surface area contributed by atoms with Crippen molar-refractivity contribution in [1.29, 1.82) is 0 Å². The molecule has 2 rings (SSSR count). The Morgan fingerprint density at radius 3 is 2.67 bits per heavy atom. The standard InChI is InChI=1S/C15H19N5O3S/c1-9(2)6-11(14(23)19-15-16-4-5-24-15)18-13(22)10-7-12(21)20(3)8-17-10/h4-5,7-9,11H,6H2,1-3H3,(H,18,22)(H,16,19,23)/t11-/m0/s1. The van der Waals surface area contributed by atoms with Gasteiger partial charge >= 0.3 is 0 Å². The van der Waals surface area contributed by atoms with E-state index < -0.39 is 11.9 Å². The maximum absolute atomic E-state index is 12.4. The molecule has 0 spiro atoms. The van der Waals surface area contributed by atoms with Crippen LogP contribution in [0.15, 0.2) is 28.8 Å². The zero-order valence-corrected chi connectivity index (χ0v) is 14.5. The Kier molecular flexibility index (Phi) is 5.80. The molecule has 2 aromatic heterocycles. The predicted molar refractivity (Wildman–Crippen MR) is 90.9 cm³/mol. The highest BCUT2D eigenvalue weighted by Gasteiger charge is 2.24. The number of aromatic nitrogens is 3. The van der Waals surface area contributed by atoms with Gasteiger partial charge in [-0.3, -0.25) is 14.4 Å². The first-order valence-corrected chi connectivity index (χ1v) is 8.28. The Hall–Kier alpha value is -2.55. The molecular formula is C15H19N5O3S. The number of hydrogen-bond donors (Lipinski definition) is 2. The first-order chi connectivity index (χ1) is 11.4. The zero-order valence-electron chi connectivity index (χ0n) is 13.6. The van der Waals surface area contributed by atoms with Gasteiger partial charge in [0, 0.05) is 24.7 Å². The molecule has 0 bridgehead atoms. The predicted octanol–water partition coefficient (Wildman–Crippen LogP) is 1.02. The van der Waals surface area contributed by atoms with Crippen molar-refractivity contribution in [2.24, 2.45) is 13.0 Å². The Balaban J connectivity index is 2.12. The van der Waals surface area contributed by atoms with Crippen LogP contribution < -0.4 is 16.2 Å². The van der Waals surface area contributed by atoms with Gasteiger partial charge < -0.3 is 15.2 Å². The Morgan fingerprint density at radius 1 is 1.33 bits per heavy atom. The van der Waals surface area contributed by atoms with Gasteiger partial charge in [-0.2, -0.15) is 0 Å². The van der Waals surface area contributed by atoms with E-state index in [1.807, 2.05) is 13.8 Å². The van der Waals surface area contributed by atoms with Crippen LogP contribution in [0.5, 0.6) is 0 Å². The molecular weight excluding hydrogens is 330 g/mol. The summed E-state index contributed by atoms with van der Waals surface area (Å²) in [6.45, 7) is 3.90. The molecule has 0 unspecified atom stereocenters. The van der Waals surface area contributed by atoms with Crippen molar-refractivity contribution >= 4 is 28.3 Å². The van der Waals surface area contributed by atoms with Gasteiger partial charge in [-0.05, 0) is 12.3 Å². The number of aryl methyl sites for hydroxylation is 1. The lowest BCUT2D eigenvalue weighted by molar-refractivity contribution is -0.118. The molecule has 0 aromatic carbocycles. The van der Waals surface area contributed by atoms with E-state index in [0.717, 1.165) is 6.07 Å². The lowest BCUT2D eigenvalue weighted by atomic mass is 10.0. The van der Waals surface area contributed by atoms with Gasteiger partial charge in [0.15, 0.2) is 5.13 Å².